The Morgan fingerprint density at radius 1 is 1.36 bits per heavy atom. The second kappa shape index (κ2) is 4.23. The van der Waals surface area contributed by atoms with Crippen LogP contribution in [-0.4, -0.2) is 4.98 Å². The molecule has 0 unspecified atom stereocenters. The van der Waals surface area contributed by atoms with E-state index in [1.807, 2.05) is 6.07 Å². The third kappa shape index (κ3) is 1.77. The number of aromatic nitrogens is 1. The highest BCUT2D eigenvalue weighted by molar-refractivity contribution is 5.81. The van der Waals surface area contributed by atoms with Gasteiger partial charge in [0.25, 0.3) is 0 Å². The number of nitrogens with zero attached hydrogens (tertiary/aromatic N) is 1. The minimum absolute atomic E-state index is 1.08. The van der Waals surface area contributed by atoms with Gasteiger partial charge in [0.15, 0.2) is 0 Å². The zero-order valence-corrected chi connectivity index (χ0v) is 8.46. The summed E-state index contributed by atoms with van der Waals surface area (Å²) in [4.78, 5) is 4.29. The number of fused-ring (bicyclic) bond motifs is 1. The van der Waals surface area contributed by atoms with Crippen molar-refractivity contribution in [1.29, 1.82) is 0 Å². The molecule has 1 heteroatoms. The van der Waals surface area contributed by atoms with Gasteiger partial charge in [0, 0.05) is 17.6 Å². The number of pyridine rings is 1. The summed E-state index contributed by atoms with van der Waals surface area (Å²) in [6, 6.07) is 11.4. The minimum atomic E-state index is 1.08. The smallest absolute Gasteiger partial charge is 0.0705 e. The van der Waals surface area contributed by atoms with Gasteiger partial charge in [-0.1, -0.05) is 25.5 Å². The van der Waals surface area contributed by atoms with Crippen LogP contribution in [0, 0.1) is 6.07 Å². The van der Waals surface area contributed by atoms with Gasteiger partial charge in [-0.2, -0.15) is 0 Å². The molecule has 0 spiro atoms. The molecule has 2 aromatic rings. The summed E-state index contributed by atoms with van der Waals surface area (Å²) in [5.74, 6) is 0. The molecule has 0 amide bonds. The van der Waals surface area contributed by atoms with E-state index in [2.05, 4.69) is 36.2 Å². The lowest BCUT2D eigenvalue weighted by Crippen LogP contribution is -1.88. The molecular weight excluding hydrogens is 170 g/mol. The fraction of sp³-hybridized carbons (Fsp3) is 0.308. The first-order valence-corrected chi connectivity index (χ1v) is 5.15. The molecule has 0 saturated heterocycles. The van der Waals surface area contributed by atoms with E-state index in [4.69, 9.17) is 0 Å². The van der Waals surface area contributed by atoms with E-state index < -0.39 is 0 Å². The van der Waals surface area contributed by atoms with Crippen molar-refractivity contribution in [2.75, 3.05) is 0 Å². The molecule has 14 heavy (non-hydrogen) atoms. The molecule has 0 aliphatic carbocycles. The van der Waals surface area contributed by atoms with E-state index in [-0.39, 0.29) is 0 Å². The average Bonchev–Trinajstić information content (AvgIpc) is 2.26. The topological polar surface area (TPSA) is 12.9 Å². The molecule has 71 valence electrons. The van der Waals surface area contributed by atoms with Gasteiger partial charge in [0.2, 0.25) is 0 Å². The lowest BCUT2D eigenvalue weighted by molar-refractivity contribution is 0.799. The predicted octanol–water partition coefficient (Wildman–Crippen LogP) is 3.38. The molecule has 0 aliphatic rings. The normalized spacial score (nSPS) is 10.6. The van der Waals surface area contributed by atoms with Crippen molar-refractivity contribution >= 4 is 10.9 Å². The van der Waals surface area contributed by atoms with E-state index in [1.54, 1.807) is 6.20 Å². The van der Waals surface area contributed by atoms with Crippen LogP contribution >= 0.6 is 0 Å². The number of aryl methyl sites for hydroxylation is 1. The molecule has 1 heterocycles. The van der Waals surface area contributed by atoms with Crippen molar-refractivity contribution in [2.24, 2.45) is 0 Å². The van der Waals surface area contributed by atoms with Gasteiger partial charge >= 0.3 is 0 Å². The number of benzene rings is 1. The maximum Gasteiger partial charge on any atom is 0.0705 e. The standard InChI is InChI=1S/C13H14N/c1-2-3-6-11-7-4-9-13-12(11)8-5-10-14-13/h4,7-10H,2-3,6H2,1H3. The van der Waals surface area contributed by atoms with E-state index in [0.717, 1.165) is 11.9 Å². The van der Waals surface area contributed by atoms with Gasteiger partial charge in [0.1, 0.15) is 0 Å². The van der Waals surface area contributed by atoms with Crippen LogP contribution in [0.3, 0.4) is 0 Å². The minimum Gasteiger partial charge on any atom is -0.256 e. The Hall–Kier alpha value is -1.37. The Kier molecular flexibility index (Phi) is 2.78. The van der Waals surface area contributed by atoms with Gasteiger partial charge in [-0.15, -0.1) is 0 Å². The Morgan fingerprint density at radius 2 is 2.29 bits per heavy atom. The first kappa shape index (κ1) is 9.20. The Balaban J connectivity index is 2.43. The van der Waals surface area contributed by atoms with Crippen molar-refractivity contribution in [3.8, 4) is 0 Å². The third-order valence-corrected chi connectivity index (χ3v) is 2.48. The highest BCUT2D eigenvalue weighted by Crippen LogP contribution is 2.17. The lowest BCUT2D eigenvalue weighted by Gasteiger charge is -2.04. The number of rotatable bonds is 3. The van der Waals surface area contributed by atoms with Crippen molar-refractivity contribution in [2.45, 2.75) is 26.2 Å². The predicted molar refractivity (Wildman–Crippen MR) is 59.2 cm³/mol. The summed E-state index contributed by atoms with van der Waals surface area (Å²) in [6.07, 6.45) is 5.35. The maximum absolute atomic E-state index is 4.29. The highest BCUT2D eigenvalue weighted by atomic mass is 14.6. The zero-order chi connectivity index (χ0) is 9.80. The molecule has 1 aromatic carbocycles. The van der Waals surface area contributed by atoms with Crippen LogP contribution in [-0.2, 0) is 6.42 Å². The van der Waals surface area contributed by atoms with Gasteiger partial charge in [-0.25, -0.2) is 0 Å². The number of hydrogen-bond donors (Lipinski definition) is 0. The monoisotopic (exact) mass is 184 g/mol. The Bertz CT molecular complexity index is 415. The summed E-state index contributed by atoms with van der Waals surface area (Å²) in [5, 5.41) is 1.25. The molecule has 0 aliphatic heterocycles. The average molecular weight is 184 g/mol. The van der Waals surface area contributed by atoms with Crippen LogP contribution in [0.15, 0.2) is 30.5 Å². The van der Waals surface area contributed by atoms with Crippen LogP contribution < -0.4 is 0 Å². The SMILES string of the molecule is CCCCc1cccc2nc[c]cc12. The summed E-state index contributed by atoms with van der Waals surface area (Å²) < 4.78 is 0. The third-order valence-electron chi connectivity index (χ3n) is 2.48. The quantitative estimate of drug-likeness (QED) is 0.712. The van der Waals surface area contributed by atoms with Crippen LogP contribution in [0.2, 0.25) is 0 Å². The van der Waals surface area contributed by atoms with Crippen molar-refractivity contribution in [1.82, 2.24) is 4.98 Å². The molecule has 1 nitrogen and oxygen atoms in total. The first-order chi connectivity index (χ1) is 6.92. The largest absolute Gasteiger partial charge is 0.256 e. The second-order valence-corrected chi connectivity index (χ2v) is 3.52. The highest BCUT2D eigenvalue weighted by Gasteiger charge is 1.99. The van der Waals surface area contributed by atoms with Gasteiger partial charge in [0.05, 0.1) is 5.52 Å². The molecule has 0 N–H and O–H groups in total. The summed E-state index contributed by atoms with van der Waals surface area (Å²) in [7, 11) is 0. The van der Waals surface area contributed by atoms with E-state index >= 15 is 0 Å². The molecule has 1 aromatic heterocycles. The summed E-state index contributed by atoms with van der Waals surface area (Å²) in [5.41, 5.74) is 2.48. The second-order valence-electron chi connectivity index (χ2n) is 3.52. The summed E-state index contributed by atoms with van der Waals surface area (Å²) >= 11 is 0. The molecule has 0 atom stereocenters. The fourth-order valence-corrected chi connectivity index (χ4v) is 1.69. The van der Waals surface area contributed by atoms with E-state index in [1.165, 1.54) is 23.8 Å². The fourth-order valence-electron chi connectivity index (χ4n) is 1.69. The Morgan fingerprint density at radius 3 is 3.14 bits per heavy atom. The molecular formula is C13H14N. The zero-order valence-electron chi connectivity index (χ0n) is 8.46. The maximum atomic E-state index is 4.29. The molecule has 0 saturated carbocycles. The van der Waals surface area contributed by atoms with E-state index in [0.29, 0.717) is 0 Å². The lowest BCUT2D eigenvalue weighted by atomic mass is 10.0. The molecule has 2 rings (SSSR count). The number of hydrogen-bond acceptors (Lipinski definition) is 1. The van der Waals surface area contributed by atoms with E-state index in [9.17, 15) is 0 Å². The molecule has 0 bridgehead atoms. The summed E-state index contributed by atoms with van der Waals surface area (Å²) in [6.45, 7) is 2.22. The van der Waals surface area contributed by atoms with Gasteiger partial charge in [-0.05, 0) is 30.5 Å². The first-order valence-electron chi connectivity index (χ1n) is 5.15. The van der Waals surface area contributed by atoms with Gasteiger partial charge in [-0.3, -0.25) is 4.98 Å². The molecule has 1 radical (unpaired) electrons. The van der Waals surface area contributed by atoms with Crippen LogP contribution in [0.1, 0.15) is 25.3 Å². The molecule has 0 fully saturated rings. The van der Waals surface area contributed by atoms with Crippen molar-refractivity contribution < 1.29 is 0 Å². The van der Waals surface area contributed by atoms with Crippen molar-refractivity contribution in [3.05, 3.63) is 42.1 Å². The van der Waals surface area contributed by atoms with Crippen LogP contribution in [0.4, 0.5) is 0 Å². The van der Waals surface area contributed by atoms with Crippen molar-refractivity contribution in [3.63, 3.8) is 0 Å². The van der Waals surface area contributed by atoms with Crippen LogP contribution in [0.25, 0.3) is 10.9 Å². The number of unbranched alkanes of at least 4 members (excludes halogenated alkanes) is 1. The van der Waals surface area contributed by atoms with Gasteiger partial charge < -0.3 is 0 Å². The Labute approximate surface area is 84.8 Å². The van der Waals surface area contributed by atoms with Crippen LogP contribution in [0.5, 0.6) is 0 Å².